The quantitative estimate of drug-likeness (QED) is 0.659. The zero-order valence-electron chi connectivity index (χ0n) is 8.91. The van der Waals surface area contributed by atoms with Crippen LogP contribution in [0.1, 0.15) is 19.8 Å². The van der Waals surface area contributed by atoms with Gasteiger partial charge in [-0.1, -0.05) is 6.92 Å². The maximum absolute atomic E-state index is 5.77. The van der Waals surface area contributed by atoms with Crippen LogP contribution >= 0.6 is 0 Å². The summed E-state index contributed by atoms with van der Waals surface area (Å²) in [4.78, 5) is 2.70. The van der Waals surface area contributed by atoms with Crippen molar-refractivity contribution < 1.29 is 4.74 Å². The average molecular weight is 196 g/mol. The molecule has 0 aromatic rings. The maximum Gasteiger partial charge on any atom is 0.0867 e. The van der Waals surface area contributed by atoms with Gasteiger partial charge < -0.3 is 10.1 Å². The summed E-state index contributed by atoms with van der Waals surface area (Å²) in [6.07, 6.45) is 3.28. The summed E-state index contributed by atoms with van der Waals surface area (Å²) in [6, 6.07) is 1.53. The molecule has 3 aliphatic rings. The van der Waals surface area contributed by atoms with Gasteiger partial charge in [0.25, 0.3) is 0 Å². The predicted octanol–water partition coefficient (Wildman–Crippen LogP) is 0.458. The smallest absolute Gasteiger partial charge is 0.0867 e. The molecule has 2 heterocycles. The van der Waals surface area contributed by atoms with Crippen LogP contribution in [0, 0.1) is 5.92 Å². The highest BCUT2D eigenvalue weighted by atomic mass is 16.5. The van der Waals surface area contributed by atoms with Gasteiger partial charge in [-0.05, 0) is 18.8 Å². The number of hydrogen-bond acceptors (Lipinski definition) is 3. The van der Waals surface area contributed by atoms with Crippen molar-refractivity contribution in [1.29, 1.82) is 0 Å². The molecule has 1 N–H and O–H groups in total. The number of rotatable bonds is 1. The highest BCUT2D eigenvalue weighted by molar-refractivity contribution is 4.97. The van der Waals surface area contributed by atoms with Gasteiger partial charge in [0.05, 0.1) is 12.7 Å². The molecule has 2 atom stereocenters. The van der Waals surface area contributed by atoms with E-state index in [9.17, 15) is 0 Å². The highest BCUT2D eigenvalue weighted by Crippen LogP contribution is 2.34. The molecule has 3 fully saturated rings. The van der Waals surface area contributed by atoms with E-state index in [4.69, 9.17) is 4.74 Å². The van der Waals surface area contributed by atoms with Crippen LogP contribution < -0.4 is 5.32 Å². The van der Waals surface area contributed by atoms with Gasteiger partial charge in [-0.15, -0.1) is 0 Å². The lowest BCUT2D eigenvalue weighted by molar-refractivity contribution is -0.0831. The largest absolute Gasteiger partial charge is 0.374 e. The lowest BCUT2D eigenvalue weighted by Gasteiger charge is -2.48. The Bertz CT molecular complexity index is 215. The lowest BCUT2D eigenvalue weighted by Crippen LogP contribution is -2.57. The third-order valence-electron chi connectivity index (χ3n) is 4.05. The second-order valence-electron chi connectivity index (χ2n) is 5.10. The van der Waals surface area contributed by atoms with Crippen LogP contribution in [0.2, 0.25) is 0 Å². The van der Waals surface area contributed by atoms with Crippen molar-refractivity contribution in [3.8, 4) is 0 Å². The molecule has 2 aliphatic heterocycles. The number of morpholine rings is 1. The van der Waals surface area contributed by atoms with Gasteiger partial charge >= 0.3 is 0 Å². The van der Waals surface area contributed by atoms with Crippen molar-refractivity contribution in [2.45, 2.75) is 38.0 Å². The van der Waals surface area contributed by atoms with Crippen LogP contribution in [0.15, 0.2) is 0 Å². The minimum Gasteiger partial charge on any atom is -0.374 e. The van der Waals surface area contributed by atoms with Gasteiger partial charge in [-0.3, -0.25) is 4.90 Å². The van der Waals surface area contributed by atoms with E-state index in [2.05, 4.69) is 17.1 Å². The van der Waals surface area contributed by atoms with Crippen molar-refractivity contribution in [3.05, 3.63) is 0 Å². The van der Waals surface area contributed by atoms with Crippen molar-refractivity contribution in [1.82, 2.24) is 10.2 Å². The second kappa shape index (κ2) is 3.47. The fraction of sp³-hybridized carbons (Fsp3) is 1.00. The molecular weight excluding hydrogens is 176 g/mol. The maximum atomic E-state index is 5.77. The van der Waals surface area contributed by atoms with Crippen LogP contribution in [0.3, 0.4) is 0 Å². The number of nitrogens with one attached hydrogen (secondary N) is 1. The molecule has 2 saturated heterocycles. The number of ether oxygens (including phenoxy) is 1. The van der Waals surface area contributed by atoms with Gasteiger partial charge in [0.2, 0.25) is 0 Å². The van der Waals surface area contributed by atoms with Crippen molar-refractivity contribution in [2.75, 3.05) is 26.2 Å². The monoisotopic (exact) mass is 196 g/mol. The molecule has 0 aromatic carbocycles. The highest BCUT2D eigenvalue weighted by Gasteiger charge is 2.42. The van der Waals surface area contributed by atoms with Crippen LogP contribution in [0.25, 0.3) is 0 Å². The molecule has 3 nitrogen and oxygen atoms in total. The molecule has 0 bridgehead atoms. The second-order valence-corrected chi connectivity index (χ2v) is 5.10. The van der Waals surface area contributed by atoms with E-state index in [1.165, 1.54) is 12.8 Å². The van der Waals surface area contributed by atoms with E-state index in [0.717, 1.165) is 38.2 Å². The predicted molar refractivity (Wildman–Crippen MR) is 55.3 cm³/mol. The van der Waals surface area contributed by atoms with E-state index < -0.39 is 0 Å². The first-order valence-electron chi connectivity index (χ1n) is 5.92. The number of nitrogens with zero attached hydrogens (tertiary/aromatic N) is 1. The van der Waals surface area contributed by atoms with E-state index in [0.29, 0.717) is 12.1 Å². The van der Waals surface area contributed by atoms with Crippen molar-refractivity contribution in [2.24, 2.45) is 5.92 Å². The molecule has 3 rings (SSSR count). The zero-order chi connectivity index (χ0) is 9.54. The van der Waals surface area contributed by atoms with Crippen LogP contribution in [0.5, 0.6) is 0 Å². The van der Waals surface area contributed by atoms with Crippen LogP contribution in [-0.2, 0) is 4.74 Å². The molecule has 1 aliphatic carbocycles. The first kappa shape index (κ1) is 9.13. The van der Waals surface area contributed by atoms with Gasteiger partial charge in [0.1, 0.15) is 0 Å². The molecule has 14 heavy (non-hydrogen) atoms. The molecule has 80 valence electrons. The number of hydrogen-bond donors (Lipinski definition) is 1. The Morgan fingerprint density at radius 2 is 2.14 bits per heavy atom. The average Bonchev–Trinajstić information content (AvgIpc) is 2.60. The fourth-order valence-corrected chi connectivity index (χ4v) is 3.20. The molecule has 3 heteroatoms. The minimum absolute atomic E-state index is 0.472. The van der Waals surface area contributed by atoms with Gasteiger partial charge in [0, 0.05) is 31.7 Å². The zero-order valence-corrected chi connectivity index (χ0v) is 8.91. The summed E-state index contributed by atoms with van der Waals surface area (Å²) in [5, 5.41) is 3.44. The molecule has 0 aromatic heterocycles. The van der Waals surface area contributed by atoms with Gasteiger partial charge in [-0.2, -0.15) is 0 Å². The standard InChI is InChI=1S/C11H20N2O/c1-8-4-9(5-8)13-2-3-14-11-7-12-6-10(11)13/h8-12H,2-7H2,1H3. The van der Waals surface area contributed by atoms with E-state index in [1.54, 1.807) is 0 Å². The van der Waals surface area contributed by atoms with E-state index in [-0.39, 0.29) is 0 Å². The third-order valence-corrected chi connectivity index (χ3v) is 4.05. The summed E-state index contributed by atoms with van der Waals surface area (Å²) >= 11 is 0. The Morgan fingerprint density at radius 3 is 2.93 bits per heavy atom. The summed E-state index contributed by atoms with van der Waals surface area (Å²) in [5.41, 5.74) is 0. The molecule has 0 spiro atoms. The summed E-state index contributed by atoms with van der Waals surface area (Å²) in [5.74, 6) is 0.954. The molecule has 2 unspecified atom stereocenters. The summed E-state index contributed by atoms with van der Waals surface area (Å²) < 4.78 is 5.77. The fourth-order valence-electron chi connectivity index (χ4n) is 3.20. The normalized spacial score (nSPS) is 48.6. The first-order chi connectivity index (χ1) is 6.84. The summed E-state index contributed by atoms with van der Waals surface area (Å²) in [6.45, 7) is 6.65. The molecular formula is C11H20N2O. The van der Waals surface area contributed by atoms with Crippen LogP contribution in [-0.4, -0.2) is 49.3 Å². The summed E-state index contributed by atoms with van der Waals surface area (Å²) in [7, 11) is 0. The molecule has 1 saturated carbocycles. The van der Waals surface area contributed by atoms with E-state index in [1.807, 2.05) is 0 Å². The number of fused-ring (bicyclic) bond motifs is 1. The van der Waals surface area contributed by atoms with Crippen molar-refractivity contribution in [3.63, 3.8) is 0 Å². The Balaban J connectivity index is 1.66. The lowest BCUT2D eigenvalue weighted by atomic mass is 9.80. The Kier molecular flexibility index (Phi) is 2.26. The van der Waals surface area contributed by atoms with Crippen molar-refractivity contribution >= 4 is 0 Å². The SMILES string of the molecule is CC1CC(N2CCOC3CNCC32)C1. The Morgan fingerprint density at radius 1 is 1.29 bits per heavy atom. The Hall–Kier alpha value is -0.120. The Labute approximate surface area is 85.8 Å². The topological polar surface area (TPSA) is 24.5 Å². The molecule has 0 radical (unpaired) electrons. The van der Waals surface area contributed by atoms with Crippen LogP contribution in [0.4, 0.5) is 0 Å². The van der Waals surface area contributed by atoms with Gasteiger partial charge in [-0.25, -0.2) is 0 Å². The van der Waals surface area contributed by atoms with Gasteiger partial charge in [0.15, 0.2) is 0 Å². The minimum atomic E-state index is 0.472. The first-order valence-corrected chi connectivity index (χ1v) is 5.92. The van der Waals surface area contributed by atoms with E-state index >= 15 is 0 Å². The third kappa shape index (κ3) is 1.38. The molecule has 0 amide bonds.